The summed E-state index contributed by atoms with van der Waals surface area (Å²) in [5.41, 5.74) is 0.846. The highest BCUT2D eigenvalue weighted by atomic mass is 16.5. The number of nitrogens with zero attached hydrogens (tertiary/aromatic N) is 3. The average molecular weight is 341 g/mol. The Morgan fingerprint density at radius 2 is 1.88 bits per heavy atom. The van der Waals surface area contributed by atoms with E-state index in [1.165, 1.54) is 0 Å². The van der Waals surface area contributed by atoms with Crippen LogP contribution in [0, 0.1) is 0 Å². The molecule has 1 aliphatic heterocycles. The second-order valence-corrected chi connectivity index (χ2v) is 5.91. The van der Waals surface area contributed by atoms with Crippen molar-refractivity contribution in [3.05, 3.63) is 48.2 Å². The molecule has 2 aromatic rings. The van der Waals surface area contributed by atoms with Gasteiger partial charge in [0.05, 0.1) is 20.6 Å². The highest BCUT2D eigenvalue weighted by Crippen LogP contribution is 2.25. The predicted octanol–water partition coefficient (Wildman–Crippen LogP) is 1.99. The van der Waals surface area contributed by atoms with Crippen molar-refractivity contribution >= 4 is 11.7 Å². The van der Waals surface area contributed by atoms with Crippen molar-refractivity contribution in [3.8, 4) is 11.5 Å². The first-order valence-electron chi connectivity index (χ1n) is 8.36. The number of carbonyl (C=O) groups is 1. The first-order chi connectivity index (χ1) is 12.2. The Balaban J connectivity index is 1.62. The second-order valence-electron chi connectivity index (χ2n) is 5.91. The lowest BCUT2D eigenvalue weighted by Gasteiger charge is -2.35. The lowest BCUT2D eigenvalue weighted by molar-refractivity contribution is -0.130. The van der Waals surface area contributed by atoms with E-state index in [2.05, 4.69) is 9.88 Å². The van der Waals surface area contributed by atoms with Crippen LogP contribution in [-0.2, 0) is 11.2 Å². The summed E-state index contributed by atoms with van der Waals surface area (Å²) in [6, 6.07) is 11.4. The van der Waals surface area contributed by atoms with Crippen molar-refractivity contribution in [2.24, 2.45) is 0 Å². The predicted molar refractivity (Wildman–Crippen MR) is 96.3 cm³/mol. The van der Waals surface area contributed by atoms with Gasteiger partial charge in [-0.1, -0.05) is 6.07 Å². The number of methoxy groups -OCH3 is 2. The fraction of sp³-hybridized carbons (Fsp3) is 0.368. The van der Waals surface area contributed by atoms with Gasteiger partial charge in [0.2, 0.25) is 5.91 Å². The van der Waals surface area contributed by atoms with Crippen LogP contribution in [0.1, 0.15) is 5.56 Å². The Morgan fingerprint density at radius 3 is 2.52 bits per heavy atom. The molecule has 1 aromatic carbocycles. The number of aromatic nitrogens is 1. The van der Waals surface area contributed by atoms with Crippen molar-refractivity contribution in [1.82, 2.24) is 9.88 Å². The number of piperazine rings is 1. The summed E-state index contributed by atoms with van der Waals surface area (Å²) in [5, 5.41) is 0. The van der Waals surface area contributed by atoms with Gasteiger partial charge in [-0.15, -0.1) is 0 Å². The van der Waals surface area contributed by atoms with Crippen molar-refractivity contribution in [2.75, 3.05) is 45.3 Å². The summed E-state index contributed by atoms with van der Waals surface area (Å²) in [5.74, 6) is 2.50. The van der Waals surface area contributed by atoms with E-state index in [1.54, 1.807) is 20.4 Å². The summed E-state index contributed by atoms with van der Waals surface area (Å²) < 4.78 is 10.6. The third kappa shape index (κ3) is 4.02. The molecule has 132 valence electrons. The minimum atomic E-state index is 0.104. The van der Waals surface area contributed by atoms with E-state index in [0.717, 1.165) is 30.2 Å². The molecule has 1 amide bonds. The molecule has 1 aliphatic rings. The van der Waals surface area contributed by atoms with Crippen LogP contribution in [0.5, 0.6) is 11.5 Å². The largest absolute Gasteiger partial charge is 0.497 e. The van der Waals surface area contributed by atoms with Crippen LogP contribution in [0.2, 0.25) is 0 Å². The van der Waals surface area contributed by atoms with Crippen LogP contribution in [-0.4, -0.2) is 56.2 Å². The topological polar surface area (TPSA) is 54.9 Å². The maximum absolute atomic E-state index is 12.7. The molecule has 3 rings (SSSR count). The van der Waals surface area contributed by atoms with Gasteiger partial charge < -0.3 is 19.3 Å². The van der Waals surface area contributed by atoms with Gasteiger partial charge in [0, 0.05) is 37.9 Å². The first-order valence-corrected chi connectivity index (χ1v) is 8.36. The zero-order chi connectivity index (χ0) is 17.6. The number of rotatable bonds is 5. The van der Waals surface area contributed by atoms with E-state index in [1.807, 2.05) is 41.3 Å². The molecule has 0 bridgehead atoms. The Morgan fingerprint density at radius 1 is 1.08 bits per heavy atom. The molecule has 1 saturated heterocycles. The number of benzene rings is 1. The van der Waals surface area contributed by atoms with E-state index < -0.39 is 0 Å². The van der Waals surface area contributed by atoms with Gasteiger partial charge in [0.15, 0.2) is 0 Å². The molecule has 0 atom stereocenters. The van der Waals surface area contributed by atoms with Crippen molar-refractivity contribution in [3.63, 3.8) is 0 Å². The quantitative estimate of drug-likeness (QED) is 0.832. The number of carbonyl (C=O) groups excluding carboxylic acids is 1. The van der Waals surface area contributed by atoms with Gasteiger partial charge >= 0.3 is 0 Å². The van der Waals surface area contributed by atoms with Gasteiger partial charge in [0.1, 0.15) is 17.3 Å². The minimum Gasteiger partial charge on any atom is -0.497 e. The highest BCUT2D eigenvalue weighted by Gasteiger charge is 2.22. The van der Waals surface area contributed by atoms with Gasteiger partial charge in [-0.2, -0.15) is 0 Å². The molecule has 0 N–H and O–H groups in total. The molecule has 1 fully saturated rings. The molecule has 0 unspecified atom stereocenters. The number of hydrogen-bond donors (Lipinski definition) is 0. The zero-order valence-electron chi connectivity index (χ0n) is 14.6. The first kappa shape index (κ1) is 17.1. The maximum atomic E-state index is 12.7. The van der Waals surface area contributed by atoms with Crippen LogP contribution < -0.4 is 14.4 Å². The zero-order valence-corrected chi connectivity index (χ0v) is 14.6. The number of amides is 1. The summed E-state index contributed by atoms with van der Waals surface area (Å²) in [6.07, 6.45) is 2.10. The molecule has 25 heavy (non-hydrogen) atoms. The molecule has 0 spiro atoms. The van der Waals surface area contributed by atoms with E-state index in [-0.39, 0.29) is 5.91 Å². The van der Waals surface area contributed by atoms with Crippen LogP contribution in [0.25, 0.3) is 0 Å². The Hall–Kier alpha value is -2.76. The summed E-state index contributed by atoms with van der Waals surface area (Å²) in [6.45, 7) is 2.97. The molecule has 0 saturated carbocycles. The SMILES string of the molecule is COc1ccc(OC)c(CC(=O)N2CCN(c3ccccn3)CC2)c1. The number of hydrogen-bond acceptors (Lipinski definition) is 5. The van der Waals surface area contributed by atoms with Crippen molar-refractivity contribution in [2.45, 2.75) is 6.42 Å². The van der Waals surface area contributed by atoms with E-state index in [9.17, 15) is 4.79 Å². The number of anilines is 1. The molecular weight excluding hydrogens is 318 g/mol. The Kier molecular flexibility index (Phi) is 5.38. The molecule has 6 heteroatoms. The Bertz CT molecular complexity index is 713. The van der Waals surface area contributed by atoms with Crippen molar-refractivity contribution in [1.29, 1.82) is 0 Å². The van der Waals surface area contributed by atoms with Crippen LogP contribution in [0.15, 0.2) is 42.6 Å². The summed E-state index contributed by atoms with van der Waals surface area (Å²) >= 11 is 0. The van der Waals surface area contributed by atoms with Crippen LogP contribution >= 0.6 is 0 Å². The monoisotopic (exact) mass is 341 g/mol. The Labute approximate surface area is 148 Å². The van der Waals surface area contributed by atoms with E-state index in [0.29, 0.717) is 25.3 Å². The molecular formula is C19H23N3O3. The molecule has 2 heterocycles. The molecule has 1 aromatic heterocycles. The van der Waals surface area contributed by atoms with Crippen LogP contribution in [0.3, 0.4) is 0 Å². The third-order valence-electron chi connectivity index (χ3n) is 4.43. The van der Waals surface area contributed by atoms with Gasteiger partial charge in [-0.05, 0) is 30.3 Å². The van der Waals surface area contributed by atoms with Gasteiger partial charge in [-0.3, -0.25) is 4.79 Å². The van der Waals surface area contributed by atoms with Gasteiger partial charge in [0.25, 0.3) is 0 Å². The lowest BCUT2D eigenvalue weighted by atomic mass is 10.1. The van der Waals surface area contributed by atoms with Gasteiger partial charge in [-0.25, -0.2) is 4.98 Å². The number of ether oxygens (including phenoxy) is 2. The normalized spacial score (nSPS) is 14.3. The lowest BCUT2D eigenvalue weighted by Crippen LogP contribution is -2.49. The second kappa shape index (κ2) is 7.88. The standard InChI is InChI=1S/C19H23N3O3/c1-24-16-6-7-17(25-2)15(13-16)14-19(23)22-11-9-21(10-12-22)18-5-3-4-8-20-18/h3-8,13H,9-12,14H2,1-2H3. The smallest absolute Gasteiger partial charge is 0.227 e. The van der Waals surface area contributed by atoms with E-state index >= 15 is 0 Å². The molecule has 0 radical (unpaired) electrons. The minimum absolute atomic E-state index is 0.104. The average Bonchev–Trinajstić information content (AvgIpc) is 2.68. The number of pyridine rings is 1. The fourth-order valence-corrected chi connectivity index (χ4v) is 3.02. The molecule has 0 aliphatic carbocycles. The summed E-state index contributed by atoms with van der Waals surface area (Å²) in [7, 11) is 3.23. The molecule has 6 nitrogen and oxygen atoms in total. The third-order valence-corrected chi connectivity index (χ3v) is 4.43. The van der Waals surface area contributed by atoms with Crippen molar-refractivity contribution < 1.29 is 14.3 Å². The highest BCUT2D eigenvalue weighted by molar-refractivity contribution is 5.80. The maximum Gasteiger partial charge on any atom is 0.227 e. The van der Waals surface area contributed by atoms with E-state index in [4.69, 9.17) is 9.47 Å². The summed E-state index contributed by atoms with van der Waals surface area (Å²) in [4.78, 5) is 21.2. The fourth-order valence-electron chi connectivity index (χ4n) is 3.02. The van der Waals surface area contributed by atoms with Crippen LogP contribution in [0.4, 0.5) is 5.82 Å².